The summed E-state index contributed by atoms with van der Waals surface area (Å²) >= 11 is 0.977. The monoisotopic (exact) mass is 439 g/mol. The van der Waals surface area contributed by atoms with E-state index in [9.17, 15) is 18.0 Å². The molecule has 11 heteroatoms. The van der Waals surface area contributed by atoms with E-state index in [1.54, 1.807) is 19.1 Å². The van der Waals surface area contributed by atoms with E-state index in [0.29, 0.717) is 23.9 Å². The Bertz CT molecular complexity index is 997. The van der Waals surface area contributed by atoms with Gasteiger partial charge in [-0.1, -0.05) is 6.07 Å². The van der Waals surface area contributed by atoms with Crippen molar-refractivity contribution < 1.29 is 18.0 Å². The average Bonchev–Trinajstić information content (AvgIpc) is 3.16. The Morgan fingerprint density at radius 2 is 1.83 bits per heavy atom. The van der Waals surface area contributed by atoms with Gasteiger partial charge in [-0.25, -0.2) is 8.42 Å². The molecule has 158 valence electrons. The van der Waals surface area contributed by atoms with Crippen molar-refractivity contribution in [2.45, 2.75) is 50.6 Å². The number of amides is 2. The SMILES string of the molecule is CC(C)NC(=O)C(C)NC(=O)C1CCN(S(=O)(=O)c2cccc3nsnc23)CC1. The van der Waals surface area contributed by atoms with Gasteiger partial charge in [0.05, 0.1) is 11.7 Å². The number of hydrogen-bond donors (Lipinski definition) is 2. The zero-order chi connectivity index (χ0) is 21.2. The van der Waals surface area contributed by atoms with Gasteiger partial charge in [0.2, 0.25) is 21.8 Å². The van der Waals surface area contributed by atoms with Gasteiger partial charge in [-0.05, 0) is 45.7 Å². The molecule has 0 spiro atoms. The molecule has 2 heterocycles. The van der Waals surface area contributed by atoms with Crippen molar-refractivity contribution in [3.05, 3.63) is 18.2 Å². The van der Waals surface area contributed by atoms with Gasteiger partial charge in [0.15, 0.2) is 0 Å². The Morgan fingerprint density at radius 3 is 2.48 bits per heavy atom. The average molecular weight is 440 g/mol. The lowest BCUT2D eigenvalue weighted by atomic mass is 9.97. The van der Waals surface area contributed by atoms with Crippen LogP contribution in [0, 0.1) is 5.92 Å². The van der Waals surface area contributed by atoms with E-state index in [4.69, 9.17) is 0 Å². The van der Waals surface area contributed by atoms with Crippen LogP contribution in [0.1, 0.15) is 33.6 Å². The van der Waals surface area contributed by atoms with Crippen LogP contribution in [0.25, 0.3) is 11.0 Å². The van der Waals surface area contributed by atoms with Gasteiger partial charge in [0.1, 0.15) is 22.0 Å². The van der Waals surface area contributed by atoms with Crippen molar-refractivity contribution >= 4 is 44.6 Å². The number of hydrogen-bond acceptors (Lipinski definition) is 7. The molecule has 1 fully saturated rings. The van der Waals surface area contributed by atoms with Crippen LogP contribution in [0.2, 0.25) is 0 Å². The second-order valence-corrected chi connectivity index (χ2v) is 9.89. The highest BCUT2D eigenvalue weighted by atomic mass is 32.2. The number of carbonyl (C=O) groups excluding carboxylic acids is 2. The first-order chi connectivity index (χ1) is 13.7. The Labute approximate surface area is 174 Å². The molecule has 29 heavy (non-hydrogen) atoms. The van der Waals surface area contributed by atoms with E-state index in [1.807, 2.05) is 13.8 Å². The van der Waals surface area contributed by atoms with Crippen LogP contribution in [0.5, 0.6) is 0 Å². The number of sulfonamides is 1. The summed E-state index contributed by atoms with van der Waals surface area (Å²) in [6, 6.07) is 4.27. The number of carbonyl (C=O) groups is 2. The van der Waals surface area contributed by atoms with E-state index >= 15 is 0 Å². The largest absolute Gasteiger partial charge is 0.352 e. The van der Waals surface area contributed by atoms with Crippen molar-refractivity contribution in [2.24, 2.45) is 5.92 Å². The molecule has 1 aliphatic heterocycles. The fourth-order valence-electron chi connectivity index (χ4n) is 3.29. The van der Waals surface area contributed by atoms with Crippen LogP contribution in [0.4, 0.5) is 0 Å². The topological polar surface area (TPSA) is 121 Å². The number of fused-ring (bicyclic) bond motifs is 1. The van der Waals surface area contributed by atoms with Gasteiger partial charge in [0, 0.05) is 25.0 Å². The minimum Gasteiger partial charge on any atom is -0.352 e. The molecule has 0 aliphatic carbocycles. The minimum absolute atomic E-state index is 0.00679. The fraction of sp³-hybridized carbons (Fsp3) is 0.556. The molecular weight excluding hydrogens is 414 g/mol. The highest BCUT2D eigenvalue weighted by Crippen LogP contribution is 2.28. The second-order valence-electron chi connectivity index (χ2n) is 7.46. The molecule has 1 aromatic carbocycles. The normalized spacial score (nSPS) is 17.4. The lowest BCUT2D eigenvalue weighted by Crippen LogP contribution is -2.50. The Morgan fingerprint density at radius 1 is 1.14 bits per heavy atom. The molecule has 1 atom stereocenters. The van der Waals surface area contributed by atoms with Crippen LogP contribution >= 0.6 is 11.7 Å². The first-order valence-electron chi connectivity index (χ1n) is 9.52. The minimum atomic E-state index is -3.72. The van der Waals surface area contributed by atoms with Crippen molar-refractivity contribution in [3.8, 4) is 0 Å². The molecule has 1 aromatic heterocycles. The van der Waals surface area contributed by atoms with Crippen molar-refractivity contribution in [1.82, 2.24) is 23.7 Å². The molecule has 9 nitrogen and oxygen atoms in total. The molecular formula is C18H25N5O4S2. The van der Waals surface area contributed by atoms with E-state index in [1.165, 1.54) is 10.4 Å². The molecule has 1 saturated heterocycles. The number of piperidine rings is 1. The predicted octanol–water partition coefficient (Wildman–Crippen LogP) is 1.12. The third-order valence-corrected chi connectivity index (χ3v) is 7.35. The first-order valence-corrected chi connectivity index (χ1v) is 11.7. The summed E-state index contributed by atoms with van der Waals surface area (Å²) in [4.78, 5) is 24.6. The zero-order valence-electron chi connectivity index (χ0n) is 16.6. The summed E-state index contributed by atoms with van der Waals surface area (Å²) < 4.78 is 35.7. The smallest absolute Gasteiger partial charge is 0.245 e. The van der Waals surface area contributed by atoms with Gasteiger partial charge < -0.3 is 10.6 Å². The molecule has 1 aliphatic rings. The van der Waals surface area contributed by atoms with Crippen LogP contribution in [0.15, 0.2) is 23.1 Å². The molecule has 0 radical (unpaired) electrons. The Hall–Kier alpha value is -2.11. The zero-order valence-corrected chi connectivity index (χ0v) is 18.2. The van der Waals surface area contributed by atoms with Crippen LogP contribution < -0.4 is 10.6 Å². The van der Waals surface area contributed by atoms with Crippen molar-refractivity contribution in [1.29, 1.82) is 0 Å². The molecule has 0 bridgehead atoms. The lowest BCUT2D eigenvalue weighted by molar-refractivity contribution is -0.131. The number of aromatic nitrogens is 2. The van der Waals surface area contributed by atoms with Crippen molar-refractivity contribution in [2.75, 3.05) is 13.1 Å². The maximum Gasteiger partial charge on any atom is 0.245 e. The molecule has 2 amide bonds. The molecule has 0 saturated carbocycles. The van der Waals surface area contributed by atoms with Gasteiger partial charge in [-0.15, -0.1) is 0 Å². The summed E-state index contributed by atoms with van der Waals surface area (Å²) in [6.45, 7) is 5.81. The summed E-state index contributed by atoms with van der Waals surface area (Å²) in [5.74, 6) is -0.787. The Balaban J connectivity index is 1.62. The summed E-state index contributed by atoms with van der Waals surface area (Å²) in [7, 11) is -3.72. The van der Waals surface area contributed by atoms with E-state index in [-0.39, 0.29) is 41.8 Å². The molecule has 3 rings (SSSR count). The van der Waals surface area contributed by atoms with Crippen LogP contribution in [0.3, 0.4) is 0 Å². The fourth-order valence-corrected chi connectivity index (χ4v) is 5.52. The van der Waals surface area contributed by atoms with Crippen molar-refractivity contribution in [3.63, 3.8) is 0 Å². The molecule has 1 unspecified atom stereocenters. The maximum atomic E-state index is 13.1. The summed E-state index contributed by atoms with van der Waals surface area (Å²) in [5, 5.41) is 5.48. The molecule has 2 N–H and O–H groups in total. The van der Waals surface area contributed by atoms with Crippen LogP contribution in [-0.2, 0) is 19.6 Å². The standard InChI is InChI=1S/C18H25N5O4S2/c1-11(2)19-17(24)12(3)20-18(25)13-7-9-23(10-8-13)29(26,27)15-6-4-5-14-16(15)22-28-21-14/h4-6,11-13H,7-10H2,1-3H3,(H,19,24)(H,20,25). The van der Waals surface area contributed by atoms with Gasteiger partial charge in [-0.2, -0.15) is 13.1 Å². The second kappa shape index (κ2) is 8.72. The third-order valence-electron chi connectivity index (χ3n) is 4.87. The summed E-state index contributed by atoms with van der Waals surface area (Å²) in [5.41, 5.74) is 0.932. The number of rotatable bonds is 6. The molecule has 2 aromatic rings. The maximum absolute atomic E-state index is 13.1. The van der Waals surface area contributed by atoms with Gasteiger partial charge >= 0.3 is 0 Å². The number of benzene rings is 1. The van der Waals surface area contributed by atoms with Gasteiger partial charge in [-0.3, -0.25) is 9.59 Å². The van der Waals surface area contributed by atoms with E-state index in [2.05, 4.69) is 19.4 Å². The van der Waals surface area contributed by atoms with Gasteiger partial charge in [0.25, 0.3) is 0 Å². The third kappa shape index (κ3) is 4.73. The number of nitrogens with zero attached hydrogens (tertiary/aromatic N) is 3. The number of nitrogens with one attached hydrogen (secondary N) is 2. The highest BCUT2D eigenvalue weighted by molar-refractivity contribution is 7.89. The Kier molecular flexibility index (Phi) is 6.49. The summed E-state index contributed by atoms with van der Waals surface area (Å²) in [6.07, 6.45) is 0.795. The highest BCUT2D eigenvalue weighted by Gasteiger charge is 2.34. The first kappa shape index (κ1) is 21.6. The van der Waals surface area contributed by atoms with E-state index in [0.717, 1.165) is 11.7 Å². The van der Waals surface area contributed by atoms with Crippen LogP contribution in [-0.4, -0.2) is 58.5 Å². The lowest BCUT2D eigenvalue weighted by Gasteiger charge is -2.31. The van der Waals surface area contributed by atoms with E-state index < -0.39 is 16.1 Å². The predicted molar refractivity (Wildman–Crippen MR) is 110 cm³/mol. The quantitative estimate of drug-likeness (QED) is 0.696.